The van der Waals surface area contributed by atoms with Crippen LogP contribution in [0.4, 0.5) is 34.1 Å². The molecule has 0 bridgehead atoms. The number of anilines is 6. The molecule has 0 amide bonds. The highest BCUT2D eigenvalue weighted by Crippen LogP contribution is 2.55. The van der Waals surface area contributed by atoms with Crippen molar-refractivity contribution in [1.29, 1.82) is 0 Å². The van der Waals surface area contributed by atoms with Crippen LogP contribution in [-0.2, 0) is 37.9 Å². The molecule has 0 atom stereocenters. The number of benzene rings is 12. The predicted molar refractivity (Wildman–Crippen MR) is 457 cm³/mol. The van der Waals surface area contributed by atoms with Crippen molar-refractivity contribution in [2.75, 3.05) is 9.80 Å². The molecular formula is C100H103BN2S. The molecule has 0 saturated carbocycles. The summed E-state index contributed by atoms with van der Waals surface area (Å²) in [7, 11) is 0. The molecular weight excluding hydrogens is 1270 g/mol. The molecule has 0 spiro atoms. The fraction of sp³-hybridized carbons (Fsp3) is 0.280. The predicted octanol–water partition coefficient (Wildman–Crippen LogP) is 27.2. The molecule has 15 rings (SSSR count). The first-order chi connectivity index (χ1) is 49.0. The van der Waals surface area contributed by atoms with E-state index in [0.29, 0.717) is 0 Å². The molecule has 2 aliphatic heterocycles. The molecule has 104 heavy (non-hydrogen) atoms. The van der Waals surface area contributed by atoms with Crippen molar-refractivity contribution in [2.45, 2.75) is 183 Å². The molecule has 13 aromatic rings. The molecule has 0 aliphatic carbocycles. The van der Waals surface area contributed by atoms with Crippen LogP contribution < -0.4 is 26.2 Å². The Hall–Kier alpha value is -9.48. The van der Waals surface area contributed by atoms with Crippen LogP contribution >= 0.6 is 11.3 Å². The summed E-state index contributed by atoms with van der Waals surface area (Å²) in [5, 5.41) is 2.60. The lowest BCUT2D eigenvalue weighted by atomic mass is 9.33. The number of fused-ring (bicyclic) bond motifs is 7. The van der Waals surface area contributed by atoms with Crippen LogP contribution in [0, 0.1) is 0 Å². The molecule has 3 heterocycles. The standard InChI is InChI=1S/C100H103BN2S/c1-94(2,3)69-45-35-62(36-46-69)77-29-24-30-78(63-37-47-70(48-38-63)95(4,5)6)92(77)102-84-53-43-66(68-55-73(98(13,14)15)59-74(56-68)99(16,17)18)57-82(84)101-83-58-67(76-28-26-34-89-90(76)81-27-22-23-33-88(81)104-89)44-54-85(83)103(87-61-75(100(19,20)21)60-86(102)91(87)101)93-79(64-39-49-71(50-40-64)96(7,8)9)31-25-32-80(93)65-41-51-72(52-42-65)97(10,11)12/h22-61H,1-21H3. The summed E-state index contributed by atoms with van der Waals surface area (Å²) >= 11 is 1.89. The monoisotopic (exact) mass is 1370 g/mol. The first-order valence-corrected chi connectivity index (χ1v) is 38.6. The molecule has 522 valence electrons. The van der Waals surface area contributed by atoms with Gasteiger partial charge in [-0.1, -0.05) is 352 Å². The lowest BCUT2D eigenvalue weighted by Gasteiger charge is -2.46. The van der Waals surface area contributed by atoms with Gasteiger partial charge in [0.2, 0.25) is 0 Å². The minimum atomic E-state index is -0.292. The third-order valence-electron chi connectivity index (χ3n) is 22.4. The van der Waals surface area contributed by atoms with Crippen LogP contribution in [-0.4, -0.2) is 6.71 Å². The Morgan fingerprint density at radius 3 is 0.942 bits per heavy atom. The number of hydrogen-bond donors (Lipinski definition) is 0. The van der Waals surface area contributed by atoms with Gasteiger partial charge in [0.1, 0.15) is 0 Å². The van der Waals surface area contributed by atoms with Gasteiger partial charge in [-0.2, -0.15) is 0 Å². The second kappa shape index (κ2) is 25.1. The maximum Gasteiger partial charge on any atom is 0.252 e. The largest absolute Gasteiger partial charge is 0.310 e. The summed E-state index contributed by atoms with van der Waals surface area (Å²) in [6, 6.07) is 95.9. The Balaban J connectivity index is 1.13. The molecule has 2 aliphatic rings. The van der Waals surface area contributed by atoms with Crippen LogP contribution in [0.2, 0.25) is 0 Å². The first-order valence-electron chi connectivity index (χ1n) is 37.8. The zero-order valence-electron chi connectivity index (χ0n) is 65.5. The Kier molecular flexibility index (Phi) is 17.0. The minimum absolute atomic E-state index is 0.0285. The Morgan fingerprint density at radius 1 is 0.240 bits per heavy atom. The van der Waals surface area contributed by atoms with Gasteiger partial charge in [0.25, 0.3) is 6.71 Å². The highest BCUT2D eigenvalue weighted by molar-refractivity contribution is 7.26. The molecule has 1 aromatic heterocycles. The van der Waals surface area contributed by atoms with E-state index in [0.717, 1.165) is 11.4 Å². The fourth-order valence-corrected chi connectivity index (χ4v) is 17.2. The van der Waals surface area contributed by atoms with Gasteiger partial charge < -0.3 is 9.80 Å². The number of para-hydroxylation sites is 2. The van der Waals surface area contributed by atoms with E-state index in [1.165, 1.54) is 165 Å². The van der Waals surface area contributed by atoms with Gasteiger partial charge in [0, 0.05) is 65.2 Å². The number of thiophene rings is 1. The van der Waals surface area contributed by atoms with Gasteiger partial charge in [-0.25, -0.2) is 0 Å². The van der Waals surface area contributed by atoms with Crippen LogP contribution in [0.5, 0.6) is 0 Å². The van der Waals surface area contributed by atoms with E-state index in [1.54, 1.807) is 0 Å². The van der Waals surface area contributed by atoms with Gasteiger partial charge >= 0.3 is 0 Å². The van der Waals surface area contributed by atoms with Gasteiger partial charge in [-0.15, -0.1) is 11.3 Å². The smallest absolute Gasteiger partial charge is 0.252 e. The summed E-state index contributed by atoms with van der Waals surface area (Å²) in [4.78, 5) is 5.48. The van der Waals surface area contributed by atoms with Crippen molar-refractivity contribution in [1.82, 2.24) is 0 Å². The highest BCUT2D eigenvalue weighted by atomic mass is 32.1. The Bertz CT molecular complexity index is 5300. The third-order valence-corrected chi connectivity index (χ3v) is 23.5. The maximum absolute atomic E-state index is 2.74. The van der Waals surface area contributed by atoms with E-state index in [-0.39, 0.29) is 44.6 Å². The van der Waals surface area contributed by atoms with E-state index in [9.17, 15) is 0 Å². The maximum atomic E-state index is 2.74. The molecule has 12 aromatic carbocycles. The lowest BCUT2D eigenvalue weighted by Crippen LogP contribution is -2.61. The average Bonchev–Trinajstić information content (AvgIpc) is 0.738. The summed E-state index contributed by atoms with van der Waals surface area (Å²) in [6.45, 7) is 49.0. The lowest BCUT2D eigenvalue weighted by molar-refractivity contribution is 0.569. The quantitative estimate of drug-likeness (QED) is 0.140. The van der Waals surface area contributed by atoms with Gasteiger partial charge in [-0.05, 0) is 174 Å². The first kappa shape index (κ1) is 70.2. The molecule has 2 nitrogen and oxygen atoms in total. The van der Waals surface area contributed by atoms with Crippen molar-refractivity contribution in [3.8, 4) is 66.8 Å². The fourth-order valence-electron chi connectivity index (χ4n) is 16.0. The highest BCUT2D eigenvalue weighted by Gasteiger charge is 2.46. The summed E-state index contributed by atoms with van der Waals surface area (Å²) in [5.41, 5.74) is 33.7. The van der Waals surface area contributed by atoms with E-state index in [1.807, 2.05) is 11.3 Å². The number of nitrogens with zero attached hydrogens (tertiary/aromatic N) is 2. The summed E-state index contributed by atoms with van der Waals surface area (Å²) < 4.78 is 2.60. The van der Waals surface area contributed by atoms with E-state index in [2.05, 4.69) is 398 Å². The van der Waals surface area contributed by atoms with Crippen molar-refractivity contribution in [2.24, 2.45) is 0 Å². The van der Waals surface area contributed by atoms with E-state index in [4.69, 9.17) is 0 Å². The van der Waals surface area contributed by atoms with Crippen molar-refractivity contribution < 1.29 is 0 Å². The Morgan fingerprint density at radius 2 is 0.558 bits per heavy atom. The average molecular weight is 1380 g/mol. The topological polar surface area (TPSA) is 6.48 Å². The third kappa shape index (κ3) is 12.7. The number of rotatable bonds is 8. The number of hydrogen-bond acceptors (Lipinski definition) is 3. The molecule has 4 heteroatoms. The zero-order valence-corrected chi connectivity index (χ0v) is 66.3. The van der Waals surface area contributed by atoms with Crippen LogP contribution in [0.15, 0.2) is 243 Å². The van der Waals surface area contributed by atoms with E-state index >= 15 is 0 Å². The molecule has 0 saturated heterocycles. The van der Waals surface area contributed by atoms with Crippen molar-refractivity contribution in [3.05, 3.63) is 282 Å². The van der Waals surface area contributed by atoms with Gasteiger partial charge in [0.15, 0.2) is 0 Å². The summed E-state index contributed by atoms with van der Waals surface area (Å²) in [6.07, 6.45) is 0. The van der Waals surface area contributed by atoms with E-state index < -0.39 is 0 Å². The van der Waals surface area contributed by atoms with Crippen molar-refractivity contribution >= 4 is 88.7 Å². The molecule has 0 unspecified atom stereocenters. The SMILES string of the molecule is CC(C)(C)c1ccc(-c2cccc(-c3ccc(C(C)(C)C)cc3)c2N2c3ccc(-c4cc(C(C)(C)C)cc(C(C)(C)C)c4)cc3B3c4cc(-c5cccc6sc7ccccc7c56)ccc4N(c4c(-c5ccc(C(C)(C)C)cc5)cccc4-c4ccc(C(C)(C)C)cc4)c4cc(C(C)(C)C)cc2c43)cc1. The summed E-state index contributed by atoms with van der Waals surface area (Å²) in [5.74, 6) is 0. The van der Waals surface area contributed by atoms with Gasteiger partial charge in [-0.3, -0.25) is 0 Å². The second-order valence-corrected chi connectivity index (χ2v) is 38.2. The van der Waals surface area contributed by atoms with Crippen molar-refractivity contribution in [3.63, 3.8) is 0 Å². The van der Waals surface area contributed by atoms with Crippen LogP contribution in [0.3, 0.4) is 0 Å². The van der Waals surface area contributed by atoms with Crippen LogP contribution in [0.1, 0.15) is 184 Å². The second-order valence-electron chi connectivity index (χ2n) is 37.1. The zero-order chi connectivity index (χ0) is 73.7. The van der Waals surface area contributed by atoms with Gasteiger partial charge in [0.05, 0.1) is 11.4 Å². The molecule has 0 fully saturated rings. The minimum Gasteiger partial charge on any atom is -0.310 e. The molecule has 0 radical (unpaired) electrons. The Labute approximate surface area is 626 Å². The normalized spacial score (nSPS) is 13.6. The van der Waals surface area contributed by atoms with Crippen LogP contribution in [0.25, 0.3) is 86.9 Å². The molecule has 0 N–H and O–H groups in total.